The van der Waals surface area contributed by atoms with Gasteiger partial charge in [-0.05, 0) is 82.6 Å². The van der Waals surface area contributed by atoms with Crippen LogP contribution in [0.2, 0.25) is 0 Å². The van der Waals surface area contributed by atoms with Crippen molar-refractivity contribution in [3.05, 3.63) is 166 Å². The minimum Gasteiger partial charge on any atom is -0.493 e. The fourth-order valence-electron chi connectivity index (χ4n) is 9.12. The lowest BCUT2D eigenvalue weighted by atomic mass is 9.91. The van der Waals surface area contributed by atoms with E-state index >= 15 is 0 Å². The zero-order valence-electron chi connectivity index (χ0n) is 44.8. The average molecular weight is 1090 g/mol. The van der Waals surface area contributed by atoms with E-state index in [2.05, 4.69) is 76.5 Å². The maximum Gasteiger partial charge on any atom is 0.272 e. The highest BCUT2D eigenvalue weighted by Crippen LogP contribution is 2.37. The molecule has 2 atom stereocenters. The Kier molecular flexibility index (Phi) is 19.6. The minimum absolute atomic E-state index is 0.0309. The number of benzene rings is 4. The monoisotopic (exact) mass is 1090 g/mol. The number of aliphatic hydroxyl groups is 2. The average Bonchev–Trinajstić information content (AvgIpc) is 3.77. The van der Waals surface area contributed by atoms with Crippen LogP contribution in [0.25, 0.3) is 0 Å². The van der Waals surface area contributed by atoms with Gasteiger partial charge >= 0.3 is 0 Å². The van der Waals surface area contributed by atoms with Crippen LogP contribution in [-0.4, -0.2) is 153 Å². The Hall–Kier alpha value is -7.29. The number of carbonyl (C=O) groups excluding carboxylic acids is 2. The van der Waals surface area contributed by atoms with Crippen LogP contribution in [0.3, 0.4) is 0 Å². The topological polar surface area (TPSA) is 209 Å². The molecule has 9 rings (SSSR count). The van der Waals surface area contributed by atoms with Gasteiger partial charge in [-0.1, -0.05) is 74.5 Å². The van der Waals surface area contributed by atoms with Crippen molar-refractivity contribution in [1.82, 2.24) is 24.7 Å². The Morgan fingerprint density at radius 2 is 0.962 bits per heavy atom. The van der Waals surface area contributed by atoms with Gasteiger partial charge in [0, 0.05) is 82.2 Å². The fraction of sp³-hybridized carbons (Fsp3) is 0.390. The van der Waals surface area contributed by atoms with Crippen molar-refractivity contribution >= 4 is 21.9 Å². The zero-order valence-corrected chi connectivity index (χ0v) is 45.6. The van der Waals surface area contributed by atoms with Gasteiger partial charge in [-0.3, -0.25) is 28.6 Å². The lowest BCUT2D eigenvalue weighted by molar-refractivity contribution is 0.0572. The Bertz CT molecular complexity index is 3050. The summed E-state index contributed by atoms with van der Waals surface area (Å²) in [4.78, 5) is 39.8. The second-order valence-corrected chi connectivity index (χ2v) is 21.1. The van der Waals surface area contributed by atoms with Gasteiger partial charge in [-0.15, -0.1) is 0 Å². The van der Waals surface area contributed by atoms with Crippen molar-refractivity contribution in [3.63, 3.8) is 0 Å². The number of likely N-dealkylation sites (tertiary alicyclic amines) is 3. The molecule has 0 saturated carbocycles. The van der Waals surface area contributed by atoms with E-state index in [9.17, 15) is 28.2 Å². The number of ether oxygens (including phenoxy) is 6. The number of nitrogens with zero attached hydrogens (tertiary/aromatic N) is 5. The number of hydrogen-bond acceptors (Lipinski definition) is 16. The lowest BCUT2D eigenvalue weighted by Crippen LogP contribution is -2.48. The normalized spacial score (nSPS) is 16.6. The summed E-state index contributed by atoms with van der Waals surface area (Å²) >= 11 is 0. The number of carbonyl (C=O) groups is 2. The van der Waals surface area contributed by atoms with Gasteiger partial charge in [0.2, 0.25) is 0 Å². The molecule has 5 heterocycles. The number of β-amino-alcohol motifs (C(OH)–C–C–N with tert-alkyl or cyclic N) is 2. The minimum atomic E-state index is -3.53. The van der Waals surface area contributed by atoms with Gasteiger partial charge in [0.1, 0.15) is 55.9 Å². The molecule has 2 amide bonds. The molecule has 19 heteroatoms. The van der Waals surface area contributed by atoms with Crippen LogP contribution < -0.4 is 28.4 Å². The highest BCUT2D eigenvalue weighted by atomic mass is 32.2. The predicted molar refractivity (Wildman–Crippen MR) is 292 cm³/mol. The van der Waals surface area contributed by atoms with Crippen molar-refractivity contribution in [2.45, 2.75) is 63.9 Å². The number of rotatable bonds is 23. The van der Waals surface area contributed by atoms with Crippen LogP contribution in [0.4, 0.5) is 0 Å². The van der Waals surface area contributed by atoms with Gasteiger partial charge in [0.15, 0.2) is 23.0 Å². The van der Waals surface area contributed by atoms with Gasteiger partial charge in [0.25, 0.3) is 21.9 Å². The smallest absolute Gasteiger partial charge is 0.272 e. The number of aliphatic hydroxyl groups excluding tert-OH is 2. The molecule has 0 aliphatic carbocycles. The molecule has 3 aliphatic heterocycles. The van der Waals surface area contributed by atoms with Crippen LogP contribution in [-0.2, 0) is 40.4 Å². The summed E-state index contributed by atoms with van der Waals surface area (Å²) in [6.07, 6.45) is 4.62. The molecule has 0 spiro atoms. The van der Waals surface area contributed by atoms with Crippen LogP contribution in [0.15, 0.2) is 122 Å². The summed E-state index contributed by atoms with van der Waals surface area (Å²) in [5.41, 5.74) is 7.56. The molecule has 6 aromatic rings. The third kappa shape index (κ3) is 15.5. The summed E-state index contributed by atoms with van der Waals surface area (Å²) in [7, 11) is -0.273. The first kappa shape index (κ1) is 56.9. The van der Waals surface area contributed by atoms with Crippen LogP contribution >= 0.6 is 0 Å². The van der Waals surface area contributed by atoms with E-state index in [4.69, 9.17) is 28.4 Å². The summed E-state index contributed by atoms with van der Waals surface area (Å²) < 4.78 is 61.2. The third-order valence-corrected chi connectivity index (χ3v) is 14.5. The molecule has 4 aromatic carbocycles. The Morgan fingerprint density at radius 3 is 1.37 bits per heavy atom. The largest absolute Gasteiger partial charge is 0.493 e. The van der Waals surface area contributed by atoms with Crippen molar-refractivity contribution in [2.75, 3.05) is 86.1 Å². The number of aryl methyl sites for hydroxylation is 2. The molecule has 0 unspecified atom stereocenters. The van der Waals surface area contributed by atoms with Gasteiger partial charge < -0.3 is 48.4 Å². The van der Waals surface area contributed by atoms with Crippen molar-refractivity contribution in [2.24, 2.45) is 0 Å². The zero-order chi connectivity index (χ0) is 55.2. The summed E-state index contributed by atoms with van der Waals surface area (Å²) in [6, 6.07) is 35.2. The van der Waals surface area contributed by atoms with Gasteiger partial charge in [-0.25, -0.2) is 0 Å². The Labute approximate surface area is 456 Å². The van der Waals surface area contributed by atoms with Crippen molar-refractivity contribution in [1.29, 1.82) is 0 Å². The highest BCUT2D eigenvalue weighted by molar-refractivity contribution is 7.85. The fourth-order valence-corrected chi connectivity index (χ4v) is 9.49. The molecular formula is C59H69N5O13S. The first-order valence-corrected chi connectivity index (χ1v) is 28.0. The van der Waals surface area contributed by atoms with Gasteiger partial charge in [-0.2, -0.15) is 8.42 Å². The van der Waals surface area contributed by atoms with Gasteiger partial charge in [0.05, 0.1) is 32.7 Å². The van der Waals surface area contributed by atoms with E-state index < -0.39 is 22.3 Å². The number of pyridine rings is 2. The highest BCUT2D eigenvalue weighted by Gasteiger charge is 2.35. The number of methoxy groups -OCH3 is 2. The third-order valence-electron chi connectivity index (χ3n) is 13.9. The van der Waals surface area contributed by atoms with Crippen molar-refractivity contribution in [3.8, 4) is 34.5 Å². The SMILES string of the molecule is CCc1ccc(COc2ccc(C3CN(C(=O)c4cc(OCCN5C[C@H](O)[C@@H](O)C5)ccn4)C3)cc2OC)cc1.CCc1ccc(COc2ccc(C3CN(C(=O)c4cc(OCCOS(C)(=O)=O)ccn4)C3)cc2OC)cc1. The first-order chi connectivity index (χ1) is 37.7. The number of aromatic nitrogens is 2. The summed E-state index contributed by atoms with van der Waals surface area (Å²) in [5, 5.41) is 19.3. The van der Waals surface area contributed by atoms with E-state index in [0.29, 0.717) is 106 Å². The standard InChI is InChI=1S/C31H37N3O6.C28H32N2O7S/c1-3-21-4-6-22(7-5-21)20-40-29-9-8-23(14-30(29)38-2)24-16-34(17-24)31(37)26-15-25(10-11-32-26)39-13-12-33-18-27(35)28(36)19-33;1-4-20-5-7-21(8-6-20)19-36-26-10-9-22(15-27(26)34-2)23-17-30(18-23)28(31)25-16-24(11-12-29-25)35-13-14-37-38(3,32)33/h4-11,14-15,24,27-28,35-36H,3,12-13,16-20H2,1-2H3;5-12,15-16,23H,4,13-14,17-19H2,1-3H3/t27-,28-;/m0./s1. The van der Waals surface area contributed by atoms with Crippen molar-refractivity contribution < 1.29 is 60.8 Å². The number of amides is 2. The molecule has 0 bridgehead atoms. The molecule has 3 aliphatic rings. The molecule has 2 aromatic heterocycles. The summed E-state index contributed by atoms with van der Waals surface area (Å²) in [5.74, 6) is 3.74. The molecule has 2 N–H and O–H groups in total. The van der Waals surface area contributed by atoms with E-state index in [1.165, 1.54) is 17.3 Å². The molecule has 3 fully saturated rings. The molecule has 0 radical (unpaired) electrons. The molecular weight excluding hydrogens is 1020 g/mol. The second kappa shape index (κ2) is 26.9. The van der Waals surface area contributed by atoms with E-state index in [0.717, 1.165) is 41.4 Å². The Morgan fingerprint density at radius 1 is 0.538 bits per heavy atom. The van der Waals surface area contributed by atoms with Crippen LogP contribution in [0, 0.1) is 0 Å². The lowest BCUT2D eigenvalue weighted by Gasteiger charge is -2.39. The van der Waals surface area contributed by atoms with E-state index in [-0.39, 0.29) is 42.6 Å². The predicted octanol–water partition coefficient (Wildman–Crippen LogP) is 6.71. The van der Waals surface area contributed by atoms with Crippen LogP contribution in [0.1, 0.15) is 80.0 Å². The molecule has 3 saturated heterocycles. The summed E-state index contributed by atoms with van der Waals surface area (Å²) in [6.45, 7) is 9.22. The quantitative estimate of drug-likeness (QED) is 0.0505. The van der Waals surface area contributed by atoms with E-state index in [1.807, 2.05) is 41.3 Å². The number of hydrogen-bond donors (Lipinski definition) is 2. The van der Waals surface area contributed by atoms with E-state index in [1.54, 1.807) is 54.5 Å². The maximum absolute atomic E-state index is 13.0. The Balaban J connectivity index is 0.000000206. The molecule has 78 heavy (non-hydrogen) atoms. The first-order valence-electron chi connectivity index (χ1n) is 26.1. The second-order valence-electron chi connectivity index (χ2n) is 19.4. The molecule has 414 valence electrons. The molecule has 18 nitrogen and oxygen atoms in total. The van der Waals surface area contributed by atoms with Crippen LogP contribution in [0.5, 0.6) is 34.5 Å². The maximum atomic E-state index is 13.0.